The van der Waals surface area contributed by atoms with Crippen molar-refractivity contribution in [3.8, 4) is 5.75 Å². The molecular formula is C16H20N2O. The standard InChI is InChI=1S/C16H20N2O/c1-2-14(17)10-13-6-5-8-16(11-13)19-12-15-7-3-4-9-18-15/h3-9,11,14H,2,10,12,17H2,1H3. The van der Waals surface area contributed by atoms with E-state index in [2.05, 4.69) is 24.0 Å². The predicted molar refractivity (Wildman–Crippen MR) is 77.0 cm³/mol. The van der Waals surface area contributed by atoms with Gasteiger partial charge in [0.2, 0.25) is 0 Å². The maximum atomic E-state index is 5.97. The van der Waals surface area contributed by atoms with Crippen molar-refractivity contribution in [3.63, 3.8) is 0 Å². The lowest BCUT2D eigenvalue weighted by atomic mass is 10.0. The highest BCUT2D eigenvalue weighted by Crippen LogP contribution is 2.16. The van der Waals surface area contributed by atoms with Gasteiger partial charge in [0.05, 0.1) is 5.69 Å². The van der Waals surface area contributed by atoms with Crippen LogP contribution in [0, 0.1) is 0 Å². The Morgan fingerprint density at radius 3 is 2.84 bits per heavy atom. The van der Waals surface area contributed by atoms with Crippen LogP contribution in [0.3, 0.4) is 0 Å². The third kappa shape index (κ3) is 4.38. The van der Waals surface area contributed by atoms with E-state index in [1.54, 1.807) is 6.20 Å². The highest BCUT2D eigenvalue weighted by molar-refractivity contribution is 5.29. The van der Waals surface area contributed by atoms with E-state index in [1.807, 2.05) is 30.3 Å². The Balaban J connectivity index is 1.95. The third-order valence-electron chi connectivity index (χ3n) is 3.03. The van der Waals surface area contributed by atoms with Crippen molar-refractivity contribution >= 4 is 0 Å². The van der Waals surface area contributed by atoms with E-state index in [-0.39, 0.29) is 6.04 Å². The maximum Gasteiger partial charge on any atom is 0.130 e. The Hall–Kier alpha value is -1.87. The molecule has 0 amide bonds. The molecule has 2 rings (SSSR count). The third-order valence-corrected chi connectivity index (χ3v) is 3.03. The molecule has 0 aliphatic rings. The van der Waals surface area contributed by atoms with Crippen molar-refractivity contribution in [3.05, 3.63) is 59.9 Å². The van der Waals surface area contributed by atoms with Gasteiger partial charge in [0.15, 0.2) is 0 Å². The van der Waals surface area contributed by atoms with Gasteiger partial charge < -0.3 is 10.5 Å². The van der Waals surface area contributed by atoms with Gasteiger partial charge in [-0.1, -0.05) is 25.1 Å². The quantitative estimate of drug-likeness (QED) is 0.864. The zero-order valence-corrected chi connectivity index (χ0v) is 11.3. The fraction of sp³-hybridized carbons (Fsp3) is 0.312. The van der Waals surface area contributed by atoms with Gasteiger partial charge in [-0.05, 0) is 42.7 Å². The van der Waals surface area contributed by atoms with Gasteiger partial charge in [-0.15, -0.1) is 0 Å². The van der Waals surface area contributed by atoms with Crippen LogP contribution >= 0.6 is 0 Å². The summed E-state index contributed by atoms with van der Waals surface area (Å²) in [4.78, 5) is 4.23. The summed E-state index contributed by atoms with van der Waals surface area (Å²) in [6, 6.07) is 14.1. The lowest BCUT2D eigenvalue weighted by molar-refractivity contribution is 0.301. The van der Waals surface area contributed by atoms with Gasteiger partial charge in [-0.3, -0.25) is 4.98 Å². The summed E-state index contributed by atoms with van der Waals surface area (Å²) in [5, 5.41) is 0. The van der Waals surface area contributed by atoms with Crippen molar-refractivity contribution in [1.82, 2.24) is 4.98 Å². The van der Waals surface area contributed by atoms with E-state index in [4.69, 9.17) is 10.5 Å². The normalized spacial score (nSPS) is 12.1. The minimum absolute atomic E-state index is 0.214. The first-order valence-corrected chi connectivity index (χ1v) is 6.65. The molecule has 0 aliphatic carbocycles. The molecule has 2 N–H and O–H groups in total. The minimum atomic E-state index is 0.214. The summed E-state index contributed by atoms with van der Waals surface area (Å²) in [7, 11) is 0. The van der Waals surface area contributed by atoms with Gasteiger partial charge in [0.25, 0.3) is 0 Å². The molecule has 1 unspecified atom stereocenters. The Bertz CT molecular complexity index is 499. The number of benzene rings is 1. The number of hydrogen-bond donors (Lipinski definition) is 1. The van der Waals surface area contributed by atoms with Gasteiger partial charge in [-0.25, -0.2) is 0 Å². The fourth-order valence-electron chi connectivity index (χ4n) is 1.85. The number of hydrogen-bond acceptors (Lipinski definition) is 3. The Morgan fingerprint density at radius 1 is 1.21 bits per heavy atom. The molecule has 2 aromatic rings. The Morgan fingerprint density at radius 2 is 2.11 bits per heavy atom. The smallest absolute Gasteiger partial charge is 0.130 e. The van der Waals surface area contributed by atoms with Crippen molar-refractivity contribution in [1.29, 1.82) is 0 Å². The maximum absolute atomic E-state index is 5.97. The van der Waals surface area contributed by atoms with Crippen LogP contribution in [0.15, 0.2) is 48.7 Å². The molecule has 1 aromatic heterocycles. The molecule has 0 fully saturated rings. The highest BCUT2D eigenvalue weighted by atomic mass is 16.5. The van der Waals surface area contributed by atoms with Crippen LogP contribution in [0.25, 0.3) is 0 Å². The molecule has 0 aliphatic heterocycles. The molecular weight excluding hydrogens is 236 g/mol. The summed E-state index contributed by atoms with van der Waals surface area (Å²) in [5.41, 5.74) is 8.11. The van der Waals surface area contributed by atoms with Gasteiger partial charge in [0, 0.05) is 12.2 Å². The lowest BCUT2D eigenvalue weighted by Crippen LogP contribution is -2.21. The van der Waals surface area contributed by atoms with Gasteiger partial charge in [-0.2, -0.15) is 0 Å². The van der Waals surface area contributed by atoms with Crippen molar-refractivity contribution < 1.29 is 4.74 Å². The number of rotatable bonds is 6. The van der Waals surface area contributed by atoms with E-state index in [0.717, 1.165) is 24.3 Å². The molecule has 3 nitrogen and oxygen atoms in total. The van der Waals surface area contributed by atoms with E-state index >= 15 is 0 Å². The summed E-state index contributed by atoms with van der Waals surface area (Å²) in [6.07, 6.45) is 3.64. The van der Waals surface area contributed by atoms with Crippen LogP contribution in [-0.4, -0.2) is 11.0 Å². The topological polar surface area (TPSA) is 48.1 Å². The molecule has 1 heterocycles. The molecule has 1 atom stereocenters. The Labute approximate surface area is 114 Å². The monoisotopic (exact) mass is 256 g/mol. The minimum Gasteiger partial charge on any atom is -0.487 e. The average molecular weight is 256 g/mol. The zero-order chi connectivity index (χ0) is 13.5. The van der Waals surface area contributed by atoms with E-state index < -0.39 is 0 Å². The number of nitrogens with zero attached hydrogens (tertiary/aromatic N) is 1. The molecule has 0 saturated heterocycles. The second-order valence-electron chi connectivity index (χ2n) is 4.63. The fourth-order valence-corrected chi connectivity index (χ4v) is 1.85. The number of pyridine rings is 1. The largest absolute Gasteiger partial charge is 0.487 e. The van der Waals surface area contributed by atoms with Crippen LogP contribution in [0.2, 0.25) is 0 Å². The molecule has 0 radical (unpaired) electrons. The molecule has 0 bridgehead atoms. The summed E-state index contributed by atoms with van der Waals surface area (Å²) < 4.78 is 5.74. The molecule has 100 valence electrons. The molecule has 0 spiro atoms. The summed E-state index contributed by atoms with van der Waals surface area (Å²) >= 11 is 0. The van der Waals surface area contributed by atoms with Crippen LogP contribution < -0.4 is 10.5 Å². The number of nitrogens with two attached hydrogens (primary N) is 1. The van der Waals surface area contributed by atoms with Crippen LogP contribution in [0.5, 0.6) is 5.75 Å². The summed E-state index contributed by atoms with van der Waals surface area (Å²) in [5.74, 6) is 0.867. The Kier molecular flexibility index (Phi) is 4.93. The van der Waals surface area contributed by atoms with E-state index in [9.17, 15) is 0 Å². The van der Waals surface area contributed by atoms with Gasteiger partial charge in [0.1, 0.15) is 12.4 Å². The lowest BCUT2D eigenvalue weighted by Gasteiger charge is -2.11. The van der Waals surface area contributed by atoms with Crippen molar-refractivity contribution in [2.24, 2.45) is 5.73 Å². The second kappa shape index (κ2) is 6.90. The average Bonchev–Trinajstić information content (AvgIpc) is 2.46. The van der Waals surface area contributed by atoms with Crippen LogP contribution in [-0.2, 0) is 13.0 Å². The zero-order valence-electron chi connectivity index (χ0n) is 11.3. The van der Waals surface area contributed by atoms with E-state index in [1.165, 1.54) is 5.56 Å². The first-order valence-electron chi connectivity index (χ1n) is 6.65. The van der Waals surface area contributed by atoms with Crippen LogP contribution in [0.1, 0.15) is 24.6 Å². The number of aromatic nitrogens is 1. The molecule has 19 heavy (non-hydrogen) atoms. The van der Waals surface area contributed by atoms with E-state index in [0.29, 0.717) is 6.61 Å². The first kappa shape index (κ1) is 13.6. The van der Waals surface area contributed by atoms with Crippen molar-refractivity contribution in [2.45, 2.75) is 32.4 Å². The highest BCUT2D eigenvalue weighted by Gasteiger charge is 2.03. The molecule has 3 heteroatoms. The van der Waals surface area contributed by atoms with Crippen molar-refractivity contribution in [2.75, 3.05) is 0 Å². The first-order chi connectivity index (χ1) is 9.28. The van der Waals surface area contributed by atoms with Gasteiger partial charge >= 0.3 is 0 Å². The molecule has 1 aromatic carbocycles. The summed E-state index contributed by atoms with van der Waals surface area (Å²) in [6.45, 7) is 2.59. The predicted octanol–water partition coefficient (Wildman–Crippen LogP) is 2.94. The van der Waals surface area contributed by atoms with Crippen LogP contribution in [0.4, 0.5) is 0 Å². The SMILES string of the molecule is CCC(N)Cc1cccc(OCc2ccccn2)c1. The number of ether oxygens (including phenoxy) is 1. The molecule has 0 saturated carbocycles. The second-order valence-corrected chi connectivity index (χ2v) is 4.63.